The number of nitrogens with one attached hydrogen (secondary N) is 1. The molecule has 1 N–H and O–H groups in total. The van der Waals surface area contributed by atoms with Gasteiger partial charge in [0.05, 0.1) is 35.2 Å². The van der Waals surface area contributed by atoms with Crippen LogP contribution in [0.5, 0.6) is 0 Å². The topological polar surface area (TPSA) is 77.2 Å². The van der Waals surface area contributed by atoms with E-state index in [-0.39, 0.29) is 17.9 Å². The minimum absolute atomic E-state index is 0.0343. The number of thiazole rings is 1. The number of benzene rings is 1. The van der Waals surface area contributed by atoms with Crippen molar-refractivity contribution in [3.63, 3.8) is 0 Å². The molecule has 1 aromatic carbocycles. The summed E-state index contributed by atoms with van der Waals surface area (Å²) in [5.41, 5.74) is 1.81. The smallest absolute Gasteiger partial charge is 0.244 e. The van der Waals surface area contributed by atoms with Gasteiger partial charge in [-0.15, -0.1) is 11.3 Å². The van der Waals surface area contributed by atoms with E-state index in [2.05, 4.69) is 15.5 Å². The number of rotatable bonds is 5. The molecule has 134 valence electrons. The Labute approximate surface area is 154 Å². The fourth-order valence-corrected chi connectivity index (χ4v) is 3.94. The van der Waals surface area contributed by atoms with E-state index < -0.39 is 0 Å². The fourth-order valence-electron chi connectivity index (χ4n) is 3.07. The highest BCUT2D eigenvalue weighted by Crippen LogP contribution is 2.23. The highest BCUT2D eigenvalue weighted by molar-refractivity contribution is 7.19. The number of hydrogen-bond donors (Lipinski definition) is 1. The van der Waals surface area contributed by atoms with Crippen LogP contribution in [0, 0.1) is 12.8 Å². The molecule has 7 heteroatoms. The summed E-state index contributed by atoms with van der Waals surface area (Å²) in [4.78, 5) is 16.8. The average molecular weight is 369 g/mol. The third-order valence-electron chi connectivity index (χ3n) is 4.35. The van der Waals surface area contributed by atoms with Crippen LogP contribution < -0.4 is 5.32 Å². The second kappa shape index (κ2) is 7.39. The van der Waals surface area contributed by atoms with E-state index in [4.69, 9.17) is 9.26 Å². The van der Waals surface area contributed by atoms with Crippen molar-refractivity contribution < 1.29 is 14.1 Å². The second-order valence-electron chi connectivity index (χ2n) is 6.40. The minimum Gasteiger partial charge on any atom is -0.379 e. The lowest BCUT2D eigenvalue weighted by Gasteiger charge is -2.16. The van der Waals surface area contributed by atoms with Gasteiger partial charge in [0.15, 0.2) is 0 Å². The summed E-state index contributed by atoms with van der Waals surface area (Å²) in [6.45, 7) is 3.01. The lowest BCUT2D eigenvalue weighted by atomic mass is 9.98. The summed E-state index contributed by atoms with van der Waals surface area (Å²) in [6.07, 6.45) is 3.99. The Bertz CT molecular complexity index is 913. The zero-order chi connectivity index (χ0) is 17.9. The summed E-state index contributed by atoms with van der Waals surface area (Å²) >= 11 is 1.56. The number of hydrogen-bond acceptors (Lipinski definition) is 6. The molecule has 2 atom stereocenters. The first-order valence-electron chi connectivity index (χ1n) is 8.51. The molecule has 1 saturated heterocycles. The van der Waals surface area contributed by atoms with E-state index in [0.717, 1.165) is 26.7 Å². The molecule has 0 bridgehead atoms. The zero-order valence-electron chi connectivity index (χ0n) is 14.3. The first-order chi connectivity index (χ1) is 12.7. The van der Waals surface area contributed by atoms with E-state index in [1.807, 2.05) is 37.3 Å². The normalized spacial score (nSPS) is 20.2. The molecule has 1 aliphatic heterocycles. The minimum atomic E-state index is -0.140. The predicted molar refractivity (Wildman–Crippen MR) is 99.8 cm³/mol. The first kappa shape index (κ1) is 16.9. The Kier molecular flexibility index (Phi) is 4.81. The van der Waals surface area contributed by atoms with Crippen molar-refractivity contribution in [3.05, 3.63) is 52.9 Å². The van der Waals surface area contributed by atoms with E-state index in [1.54, 1.807) is 17.4 Å². The van der Waals surface area contributed by atoms with Crippen molar-refractivity contribution in [1.82, 2.24) is 15.5 Å². The molecular weight excluding hydrogens is 350 g/mol. The number of carbonyl (C=O) groups excluding carboxylic acids is 1. The maximum absolute atomic E-state index is 12.3. The van der Waals surface area contributed by atoms with Gasteiger partial charge >= 0.3 is 0 Å². The summed E-state index contributed by atoms with van der Waals surface area (Å²) in [7, 11) is 0. The van der Waals surface area contributed by atoms with Crippen LogP contribution in [0.1, 0.15) is 16.5 Å². The molecule has 1 aliphatic rings. The van der Waals surface area contributed by atoms with Crippen molar-refractivity contribution >= 4 is 33.5 Å². The van der Waals surface area contributed by atoms with E-state index in [1.165, 1.54) is 6.08 Å². The van der Waals surface area contributed by atoms with Gasteiger partial charge < -0.3 is 14.6 Å². The van der Waals surface area contributed by atoms with Crippen LogP contribution in [0.15, 0.2) is 40.9 Å². The van der Waals surface area contributed by atoms with Crippen molar-refractivity contribution in [2.45, 2.75) is 19.4 Å². The number of para-hydroxylation sites is 1. The molecule has 2 aromatic heterocycles. The third-order valence-corrected chi connectivity index (χ3v) is 5.36. The van der Waals surface area contributed by atoms with Crippen LogP contribution in [0.4, 0.5) is 0 Å². The molecule has 3 heterocycles. The highest BCUT2D eigenvalue weighted by Gasteiger charge is 2.30. The Morgan fingerprint density at radius 1 is 1.38 bits per heavy atom. The Balaban J connectivity index is 1.37. The van der Waals surface area contributed by atoms with Crippen molar-refractivity contribution in [2.75, 3.05) is 13.2 Å². The summed E-state index contributed by atoms with van der Waals surface area (Å²) in [6, 6.07) is 9.82. The standard InChI is InChI=1S/C19H19N3O3S/c1-12-8-14(25-22-12)9-13-10-24-11-16(13)20-18(23)6-7-19-21-15-4-2-3-5-17(15)26-19/h2-8,13,16H,9-11H2,1H3,(H,20,23)/t13-,16+/m1/s1. The van der Waals surface area contributed by atoms with Gasteiger partial charge in [-0.3, -0.25) is 4.79 Å². The summed E-state index contributed by atoms with van der Waals surface area (Å²) in [5.74, 6) is 0.864. The molecule has 1 fully saturated rings. The molecule has 4 rings (SSSR count). The number of carbonyl (C=O) groups is 1. The fraction of sp³-hybridized carbons (Fsp3) is 0.316. The van der Waals surface area contributed by atoms with E-state index in [9.17, 15) is 4.79 Å². The van der Waals surface area contributed by atoms with Crippen molar-refractivity contribution in [3.8, 4) is 0 Å². The number of amides is 1. The van der Waals surface area contributed by atoms with Gasteiger partial charge in [0.2, 0.25) is 5.91 Å². The zero-order valence-corrected chi connectivity index (χ0v) is 15.2. The number of aryl methyl sites for hydroxylation is 1. The quantitative estimate of drug-likeness (QED) is 0.700. The molecule has 0 aliphatic carbocycles. The van der Waals surface area contributed by atoms with Gasteiger partial charge in [-0.2, -0.15) is 0 Å². The van der Waals surface area contributed by atoms with Crippen LogP contribution in [0.25, 0.3) is 16.3 Å². The third kappa shape index (κ3) is 3.84. The molecule has 26 heavy (non-hydrogen) atoms. The lowest BCUT2D eigenvalue weighted by molar-refractivity contribution is -0.117. The van der Waals surface area contributed by atoms with E-state index >= 15 is 0 Å². The Hall–Kier alpha value is -2.51. The van der Waals surface area contributed by atoms with E-state index in [0.29, 0.717) is 19.6 Å². The maximum Gasteiger partial charge on any atom is 0.244 e. The van der Waals surface area contributed by atoms with Gasteiger partial charge in [-0.1, -0.05) is 17.3 Å². The number of ether oxygens (including phenoxy) is 1. The molecule has 3 aromatic rings. The van der Waals surface area contributed by atoms with Gasteiger partial charge in [-0.05, 0) is 25.1 Å². The maximum atomic E-state index is 12.3. The second-order valence-corrected chi connectivity index (χ2v) is 7.47. The average Bonchev–Trinajstić information content (AvgIpc) is 3.34. The Morgan fingerprint density at radius 3 is 3.08 bits per heavy atom. The number of aromatic nitrogens is 2. The SMILES string of the molecule is Cc1cc(C[C@@H]2COC[C@@H]2NC(=O)C=Cc2nc3ccccc3s2)on1. The monoisotopic (exact) mass is 369 g/mol. The number of fused-ring (bicyclic) bond motifs is 1. The largest absolute Gasteiger partial charge is 0.379 e. The lowest BCUT2D eigenvalue weighted by Crippen LogP contribution is -2.39. The molecule has 6 nitrogen and oxygen atoms in total. The molecule has 0 saturated carbocycles. The van der Waals surface area contributed by atoms with Crippen molar-refractivity contribution in [2.24, 2.45) is 5.92 Å². The van der Waals surface area contributed by atoms with Gasteiger partial charge in [0.1, 0.15) is 10.8 Å². The van der Waals surface area contributed by atoms with Gasteiger partial charge in [0, 0.05) is 24.5 Å². The number of nitrogens with zero attached hydrogens (tertiary/aromatic N) is 2. The predicted octanol–water partition coefficient (Wildman–Crippen LogP) is 2.98. The Morgan fingerprint density at radius 2 is 2.27 bits per heavy atom. The molecule has 0 spiro atoms. The highest BCUT2D eigenvalue weighted by atomic mass is 32.1. The van der Waals surface area contributed by atoms with Crippen LogP contribution >= 0.6 is 11.3 Å². The molecule has 1 amide bonds. The first-order valence-corrected chi connectivity index (χ1v) is 9.33. The van der Waals surface area contributed by atoms with Gasteiger partial charge in [-0.25, -0.2) is 4.98 Å². The van der Waals surface area contributed by atoms with Crippen LogP contribution in [0.2, 0.25) is 0 Å². The molecular formula is C19H19N3O3S. The van der Waals surface area contributed by atoms with Crippen LogP contribution in [-0.2, 0) is 16.0 Å². The van der Waals surface area contributed by atoms with Crippen molar-refractivity contribution in [1.29, 1.82) is 0 Å². The summed E-state index contributed by atoms with van der Waals surface area (Å²) < 4.78 is 11.9. The van der Waals surface area contributed by atoms with Crippen LogP contribution in [-0.4, -0.2) is 35.3 Å². The molecule has 0 unspecified atom stereocenters. The summed E-state index contributed by atoms with van der Waals surface area (Å²) in [5, 5.41) is 7.75. The van der Waals surface area contributed by atoms with Gasteiger partial charge in [0.25, 0.3) is 0 Å². The molecule has 0 radical (unpaired) electrons. The van der Waals surface area contributed by atoms with Crippen LogP contribution in [0.3, 0.4) is 0 Å².